The predicted octanol–water partition coefficient (Wildman–Crippen LogP) is 4.76. The Labute approximate surface area is 113 Å². The van der Waals surface area contributed by atoms with E-state index in [2.05, 4.69) is 31.0 Å². The summed E-state index contributed by atoms with van der Waals surface area (Å²) in [5, 5.41) is 0.514. The van der Waals surface area contributed by atoms with E-state index in [4.69, 9.17) is 16.3 Å². The topological polar surface area (TPSA) is 22.1 Å². The molecule has 1 aromatic heterocycles. The number of ether oxygens (including phenoxy) is 1. The molecule has 0 aliphatic heterocycles. The third-order valence-electron chi connectivity index (χ3n) is 3.08. The second-order valence-corrected chi connectivity index (χ2v) is 4.89. The Bertz CT molecular complexity index is 593. The maximum Gasteiger partial charge on any atom is 0.146 e. The number of benzene rings is 1. The average molecular weight is 262 g/mol. The molecule has 0 radical (unpaired) electrons. The number of halogens is 1. The molecule has 0 fully saturated rings. The van der Waals surface area contributed by atoms with Gasteiger partial charge in [0, 0.05) is 0 Å². The quantitative estimate of drug-likeness (QED) is 0.727. The van der Waals surface area contributed by atoms with E-state index in [1.807, 2.05) is 19.9 Å². The zero-order valence-electron chi connectivity index (χ0n) is 11.0. The van der Waals surface area contributed by atoms with Crippen LogP contribution in [-0.2, 0) is 0 Å². The molecule has 1 heterocycles. The zero-order valence-corrected chi connectivity index (χ0v) is 11.8. The maximum absolute atomic E-state index is 5.94. The molecular weight excluding hydrogens is 246 g/mol. The fraction of sp³-hybridized carbons (Fsp3) is 0.267. The van der Waals surface area contributed by atoms with E-state index in [1.165, 1.54) is 5.56 Å². The summed E-state index contributed by atoms with van der Waals surface area (Å²) in [4.78, 5) is 4.10. The minimum absolute atomic E-state index is 0.514. The van der Waals surface area contributed by atoms with Crippen molar-refractivity contribution in [1.29, 1.82) is 0 Å². The molecule has 2 rings (SSSR count). The average Bonchev–Trinajstić information content (AvgIpc) is 2.34. The molecule has 94 valence electrons. The molecule has 0 unspecified atom stereocenters. The minimum Gasteiger partial charge on any atom is -0.455 e. The lowest BCUT2D eigenvalue weighted by atomic mass is 10.1. The van der Waals surface area contributed by atoms with E-state index >= 15 is 0 Å². The third kappa shape index (κ3) is 2.49. The lowest BCUT2D eigenvalue weighted by molar-refractivity contribution is 0.472. The van der Waals surface area contributed by atoms with Crippen molar-refractivity contribution in [3.8, 4) is 11.5 Å². The van der Waals surface area contributed by atoms with E-state index in [1.54, 1.807) is 6.20 Å². The van der Waals surface area contributed by atoms with Crippen LogP contribution in [0.4, 0.5) is 0 Å². The van der Waals surface area contributed by atoms with Crippen LogP contribution in [0, 0.1) is 27.7 Å². The molecule has 0 aliphatic rings. The van der Waals surface area contributed by atoms with Crippen LogP contribution < -0.4 is 4.74 Å². The highest BCUT2D eigenvalue weighted by atomic mass is 35.5. The molecule has 0 N–H and O–H groups in total. The summed E-state index contributed by atoms with van der Waals surface area (Å²) >= 11 is 5.90. The van der Waals surface area contributed by atoms with Crippen LogP contribution in [-0.4, -0.2) is 4.98 Å². The van der Waals surface area contributed by atoms with Crippen molar-refractivity contribution in [3.63, 3.8) is 0 Å². The SMILES string of the molecule is Cc1cc(Oc2c(C)ccc(C)c2C)cnc1Cl. The van der Waals surface area contributed by atoms with Gasteiger partial charge in [0.2, 0.25) is 0 Å². The van der Waals surface area contributed by atoms with Gasteiger partial charge in [0.1, 0.15) is 16.7 Å². The molecule has 3 heteroatoms. The first kappa shape index (κ1) is 12.9. The Morgan fingerprint density at radius 2 is 1.67 bits per heavy atom. The summed E-state index contributed by atoms with van der Waals surface area (Å²) in [6, 6.07) is 6.06. The van der Waals surface area contributed by atoms with Crippen molar-refractivity contribution < 1.29 is 4.74 Å². The van der Waals surface area contributed by atoms with Crippen LogP contribution in [0.1, 0.15) is 22.3 Å². The molecule has 0 saturated carbocycles. The molecule has 0 amide bonds. The molecule has 18 heavy (non-hydrogen) atoms. The summed E-state index contributed by atoms with van der Waals surface area (Å²) in [5.74, 6) is 1.62. The lowest BCUT2D eigenvalue weighted by Gasteiger charge is -2.13. The van der Waals surface area contributed by atoms with Crippen molar-refractivity contribution >= 4 is 11.6 Å². The van der Waals surface area contributed by atoms with Gasteiger partial charge < -0.3 is 4.74 Å². The fourth-order valence-electron chi connectivity index (χ4n) is 1.79. The van der Waals surface area contributed by atoms with Gasteiger partial charge in [-0.15, -0.1) is 0 Å². The van der Waals surface area contributed by atoms with Gasteiger partial charge in [-0.1, -0.05) is 23.7 Å². The number of hydrogen-bond acceptors (Lipinski definition) is 2. The molecule has 0 spiro atoms. The number of pyridine rings is 1. The summed E-state index contributed by atoms with van der Waals surface area (Å²) < 4.78 is 5.94. The van der Waals surface area contributed by atoms with Crippen molar-refractivity contribution in [2.24, 2.45) is 0 Å². The molecule has 2 aromatic rings. The van der Waals surface area contributed by atoms with E-state index < -0.39 is 0 Å². The van der Waals surface area contributed by atoms with Crippen molar-refractivity contribution in [2.75, 3.05) is 0 Å². The van der Waals surface area contributed by atoms with E-state index in [9.17, 15) is 0 Å². The largest absolute Gasteiger partial charge is 0.455 e. The van der Waals surface area contributed by atoms with Crippen molar-refractivity contribution in [1.82, 2.24) is 4.98 Å². The van der Waals surface area contributed by atoms with Crippen LogP contribution >= 0.6 is 11.6 Å². The normalized spacial score (nSPS) is 10.5. The monoisotopic (exact) mass is 261 g/mol. The molecule has 0 atom stereocenters. The Balaban J connectivity index is 2.39. The van der Waals surface area contributed by atoms with Gasteiger partial charge >= 0.3 is 0 Å². The second-order valence-electron chi connectivity index (χ2n) is 4.53. The van der Waals surface area contributed by atoms with Crippen molar-refractivity contribution in [2.45, 2.75) is 27.7 Å². The van der Waals surface area contributed by atoms with Gasteiger partial charge in [-0.25, -0.2) is 4.98 Å². The highest BCUT2D eigenvalue weighted by Gasteiger charge is 2.08. The Morgan fingerprint density at radius 1 is 1.00 bits per heavy atom. The summed E-state index contributed by atoms with van der Waals surface area (Å²) in [6.07, 6.45) is 1.65. The summed E-state index contributed by atoms with van der Waals surface area (Å²) in [6.45, 7) is 8.09. The summed E-state index contributed by atoms with van der Waals surface area (Å²) in [7, 11) is 0. The number of aromatic nitrogens is 1. The zero-order chi connectivity index (χ0) is 13.3. The van der Waals surface area contributed by atoms with Gasteiger partial charge in [0.25, 0.3) is 0 Å². The van der Waals surface area contributed by atoms with E-state index in [-0.39, 0.29) is 0 Å². The summed E-state index contributed by atoms with van der Waals surface area (Å²) in [5.41, 5.74) is 4.40. The first-order chi connectivity index (χ1) is 8.49. The van der Waals surface area contributed by atoms with Gasteiger partial charge in [0.15, 0.2) is 0 Å². The smallest absolute Gasteiger partial charge is 0.146 e. The molecule has 0 bridgehead atoms. The lowest BCUT2D eigenvalue weighted by Crippen LogP contribution is -1.94. The maximum atomic E-state index is 5.94. The second kappa shape index (κ2) is 4.99. The van der Waals surface area contributed by atoms with Crippen LogP contribution in [0.15, 0.2) is 24.4 Å². The molecular formula is C15H16ClNO. The van der Waals surface area contributed by atoms with Crippen LogP contribution in [0.5, 0.6) is 11.5 Å². The Morgan fingerprint density at radius 3 is 2.33 bits per heavy atom. The highest BCUT2D eigenvalue weighted by Crippen LogP contribution is 2.31. The number of nitrogens with zero attached hydrogens (tertiary/aromatic N) is 1. The standard InChI is InChI=1S/C15H16ClNO/c1-9-5-6-10(2)14(12(9)4)18-13-7-11(3)15(16)17-8-13/h5-8H,1-4H3. The van der Waals surface area contributed by atoms with Crippen LogP contribution in [0.2, 0.25) is 5.15 Å². The molecule has 0 saturated heterocycles. The predicted molar refractivity (Wildman–Crippen MR) is 74.7 cm³/mol. The Kier molecular flexibility index (Phi) is 3.58. The third-order valence-corrected chi connectivity index (χ3v) is 3.48. The minimum atomic E-state index is 0.514. The van der Waals surface area contributed by atoms with E-state index in [0.29, 0.717) is 10.9 Å². The highest BCUT2D eigenvalue weighted by molar-refractivity contribution is 6.30. The molecule has 0 aliphatic carbocycles. The Hall–Kier alpha value is -1.54. The first-order valence-electron chi connectivity index (χ1n) is 5.86. The van der Waals surface area contributed by atoms with E-state index in [0.717, 1.165) is 22.4 Å². The van der Waals surface area contributed by atoms with Crippen molar-refractivity contribution in [3.05, 3.63) is 51.8 Å². The molecule has 2 nitrogen and oxygen atoms in total. The van der Waals surface area contributed by atoms with Gasteiger partial charge in [-0.3, -0.25) is 0 Å². The number of hydrogen-bond donors (Lipinski definition) is 0. The van der Waals surface area contributed by atoms with Gasteiger partial charge in [-0.2, -0.15) is 0 Å². The van der Waals surface area contributed by atoms with Crippen LogP contribution in [0.25, 0.3) is 0 Å². The first-order valence-corrected chi connectivity index (χ1v) is 6.23. The number of aryl methyl sites for hydroxylation is 3. The molecule has 1 aromatic carbocycles. The number of rotatable bonds is 2. The van der Waals surface area contributed by atoms with Gasteiger partial charge in [-0.05, 0) is 56.0 Å². The van der Waals surface area contributed by atoms with Crippen LogP contribution in [0.3, 0.4) is 0 Å². The fourth-order valence-corrected chi connectivity index (χ4v) is 1.89. The van der Waals surface area contributed by atoms with Gasteiger partial charge in [0.05, 0.1) is 6.20 Å².